The molecule has 0 saturated heterocycles. The summed E-state index contributed by atoms with van der Waals surface area (Å²) in [7, 11) is 0. The zero-order chi connectivity index (χ0) is 18.0. The molecule has 0 aromatic heterocycles. The van der Waals surface area contributed by atoms with Crippen molar-refractivity contribution < 1.29 is 23.2 Å². The summed E-state index contributed by atoms with van der Waals surface area (Å²) in [6.07, 6.45) is 0.299. The fourth-order valence-electron chi connectivity index (χ4n) is 2.64. The smallest absolute Gasteiger partial charge is 0.261 e. The van der Waals surface area contributed by atoms with E-state index in [1.165, 1.54) is 6.07 Å². The number of carbonyl (C=O) groups excluding carboxylic acids is 3. The topological polar surface area (TPSA) is 66.5 Å². The minimum atomic E-state index is -1.05. The number of carbonyl (C=O) groups is 3. The van der Waals surface area contributed by atoms with Crippen molar-refractivity contribution in [2.75, 3.05) is 11.9 Å². The Morgan fingerprint density at radius 1 is 0.960 bits per heavy atom. The number of benzene rings is 2. The van der Waals surface area contributed by atoms with E-state index in [4.69, 9.17) is 0 Å². The highest BCUT2D eigenvalue weighted by Gasteiger charge is 2.34. The van der Waals surface area contributed by atoms with Gasteiger partial charge in [-0.05, 0) is 30.7 Å². The number of amides is 3. The first-order valence-corrected chi connectivity index (χ1v) is 7.67. The number of hydrogen-bond donors (Lipinski definition) is 1. The van der Waals surface area contributed by atoms with Crippen LogP contribution in [0.3, 0.4) is 0 Å². The minimum absolute atomic E-state index is 0.0341. The Hall–Kier alpha value is -3.09. The van der Waals surface area contributed by atoms with Gasteiger partial charge in [0, 0.05) is 24.7 Å². The van der Waals surface area contributed by atoms with E-state index in [1.807, 2.05) is 0 Å². The molecule has 1 heterocycles. The number of fused-ring (bicyclic) bond motifs is 1. The predicted molar refractivity (Wildman–Crippen MR) is 86.0 cm³/mol. The van der Waals surface area contributed by atoms with Crippen LogP contribution in [0, 0.1) is 11.6 Å². The average molecular weight is 344 g/mol. The highest BCUT2D eigenvalue weighted by atomic mass is 19.2. The zero-order valence-corrected chi connectivity index (χ0v) is 13.1. The summed E-state index contributed by atoms with van der Waals surface area (Å²) in [5.41, 5.74) is 0.863. The Morgan fingerprint density at radius 2 is 1.60 bits per heavy atom. The Bertz CT molecular complexity index is 832. The zero-order valence-electron chi connectivity index (χ0n) is 13.1. The van der Waals surface area contributed by atoms with Crippen molar-refractivity contribution in [3.8, 4) is 0 Å². The molecule has 1 aliphatic heterocycles. The van der Waals surface area contributed by atoms with E-state index in [2.05, 4.69) is 5.32 Å². The third kappa shape index (κ3) is 3.40. The third-order valence-electron chi connectivity index (χ3n) is 3.87. The maximum Gasteiger partial charge on any atom is 0.261 e. The standard InChI is InChI=1S/C18H14F2N2O3/c19-14-8-7-11(10-15(14)20)21-16(23)6-3-9-22-17(24)12-4-1-2-5-13(12)18(22)25/h1-2,4-5,7-8,10H,3,6,9H2,(H,21,23). The second-order valence-corrected chi connectivity index (χ2v) is 5.59. The van der Waals surface area contributed by atoms with Crippen LogP contribution in [-0.2, 0) is 4.79 Å². The lowest BCUT2D eigenvalue weighted by Gasteiger charge is -2.13. The van der Waals surface area contributed by atoms with E-state index in [1.54, 1.807) is 24.3 Å². The van der Waals surface area contributed by atoms with E-state index in [-0.39, 0.29) is 36.9 Å². The van der Waals surface area contributed by atoms with Crippen LogP contribution in [0.4, 0.5) is 14.5 Å². The summed E-state index contributed by atoms with van der Waals surface area (Å²) in [5, 5.41) is 2.44. The van der Waals surface area contributed by atoms with Gasteiger partial charge in [0.15, 0.2) is 11.6 Å². The molecule has 0 unspecified atom stereocenters. The normalized spacial score (nSPS) is 13.1. The molecule has 3 amide bonds. The lowest BCUT2D eigenvalue weighted by molar-refractivity contribution is -0.116. The van der Waals surface area contributed by atoms with Crippen molar-refractivity contribution in [1.82, 2.24) is 4.90 Å². The molecule has 0 bridgehead atoms. The molecule has 7 heteroatoms. The maximum atomic E-state index is 13.1. The summed E-state index contributed by atoms with van der Waals surface area (Å²) < 4.78 is 25.9. The van der Waals surface area contributed by atoms with E-state index in [0.717, 1.165) is 17.0 Å². The molecule has 128 valence electrons. The molecule has 0 saturated carbocycles. The first-order chi connectivity index (χ1) is 12.0. The molecule has 0 aliphatic carbocycles. The molecule has 0 spiro atoms. The highest BCUT2D eigenvalue weighted by Crippen LogP contribution is 2.22. The maximum absolute atomic E-state index is 13.1. The summed E-state index contributed by atoms with van der Waals surface area (Å²) >= 11 is 0. The monoisotopic (exact) mass is 344 g/mol. The molecule has 3 rings (SSSR count). The van der Waals surface area contributed by atoms with Crippen molar-refractivity contribution in [2.24, 2.45) is 0 Å². The van der Waals surface area contributed by atoms with Crippen molar-refractivity contribution in [3.05, 3.63) is 65.2 Å². The van der Waals surface area contributed by atoms with Gasteiger partial charge < -0.3 is 5.32 Å². The van der Waals surface area contributed by atoms with E-state index >= 15 is 0 Å². The quantitative estimate of drug-likeness (QED) is 0.848. The molecule has 25 heavy (non-hydrogen) atoms. The van der Waals surface area contributed by atoms with E-state index < -0.39 is 17.5 Å². The first-order valence-electron chi connectivity index (χ1n) is 7.67. The first kappa shape index (κ1) is 16.8. The number of anilines is 1. The van der Waals surface area contributed by atoms with Crippen LogP contribution in [0.1, 0.15) is 33.6 Å². The largest absolute Gasteiger partial charge is 0.326 e. The van der Waals surface area contributed by atoms with Crippen molar-refractivity contribution in [2.45, 2.75) is 12.8 Å². The SMILES string of the molecule is O=C(CCCN1C(=O)c2ccccc2C1=O)Nc1ccc(F)c(F)c1. The number of halogens is 2. The van der Waals surface area contributed by atoms with Gasteiger partial charge in [0.1, 0.15) is 0 Å². The Morgan fingerprint density at radius 3 is 2.20 bits per heavy atom. The van der Waals surface area contributed by atoms with Crippen molar-refractivity contribution >= 4 is 23.4 Å². The predicted octanol–water partition coefficient (Wildman–Crippen LogP) is 2.98. The number of imide groups is 1. The molecule has 2 aromatic rings. The van der Waals surface area contributed by atoms with Crippen LogP contribution >= 0.6 is 0 Å². The van der Waals surface area contributed by atoms with Crippen molar-refractivity contribution in [1.29, 1.82) is 0 Å². The lowest BCUT2D eigenvalue weighted by atomic mass is 10.1. The fourth-order valence-corrected chi connectivity index (χ4v) is 2.64. The fraction of sp³-hybridized carbons (Fsp3) is 0.167. The number of nitrogens with one attached hydrogen (secondary N) is 1. The summed E-state index contributed by atoms with van der Waals surface area (Å²) in [6.45, 7) is 0.109. The van der Waals surface area contributed by atoms with Gasteiger partial charge in [0.2, 0.25) is 5.91 Å². The van der Waals surface area contributed by atoms with Gasteiger partial charge in [0.05, 0.1) is 11.1 Å². The van der Waals surface area contributed by atoms with Crippen LogP contribution in [0.15, 0.2) is 42.5 Å². The van der Waals surface area contributed by atoms with Gasteiger partial charge >= 0.3 is 0 Å². The van der Waals surface area contributed by atoms with Gasteiger partial charge in [0.25, 0.3) is 11.8 Å². The second-order valence-electron chi connectivity index (χ2n) is 5.59. The number of nitrogens with zero attached hydrogens (tertiary/aromatic N) is 1. The van der Waals surface area contributed by atoms with Gasteiger partial charge in [-0.15, -0.1) is 0 Å². The van der Waals surface area contributed by atoms with Gasteiger partial charge in [-0.2, -0.15) is 0 Å². The Kier molecular flexibility index (Phi) is 4.56. The Labute approximate surface area is 142 Å². The summed E-state index contributed by atoms with van der Waals surface area (Å²) in [5.74, 6) is -3.21. The summed E-state index contributed by atoms with van der Waals surface area (Å²) in [6, 6.07) is 9.60. The molecule has 5 nitrogen and oxygen atoms in total. The van der Waals surface area contributed by atoms with Gasteiger partial charge in [-0.25, -0.2) is 8.78 Å². The summed E-state index contributed by atoms with van der Waals surface area (Å²) in [4.78, 5) is 37.3. The lowest BCUT2D eigenvalue weighted by Crippen LogP contribution is -2.31. The number of rotatable bonds is 5. The highest BCUT2D eigenvalue weighted by molar-refractivity contribution is 6.21. The average Bonchev–Trinajstić information content (AvgIpc) is 2.83. The second kappa shape index (κ2) is 6.80. The number of hydrogen-bond acceptors (Lipinski definition) is 3. The molecule has 0 fully saturated rings. The molecule has 1 N–H and O–H groups in total. The van der Waals surface area contributed by atoms with Gasteiger partial charge in [-0.3, -0.25) is 19.3 Å². The molecule has 1 aliphatic rings. The van der Waals surface area contributed by atoms with E-state index in [9.17, 15) is 23.2 Å². The Balaban J connectivity index is 1.53. The van der Waals surface area contributed by atoms with Gasteiger partial charge in [-0.1, -0.05) is 12.1 Å². The third-order valence-corrected chi connectivity index (χ3v) is 3.87. The molecule has 0 radical (unpaired) electrons. The van der Waals surface area contributed by atoms with E-state index in [0.29, 0.717) is 11.1 Å². The molecular formula is C18H14F2N2O3. The molecular weight excluding hydrogens is 330 g/mol. The van der Waals surface area contributed by atoms with Crippen LogP contribution in [-0.4, -0.2) is 29.2 Å². The minimum Gasteiger partial charge on any atom is -0.326 e. The van der Waals surface area contributed by atoms with Crippen LogP contribution in [0.25, 0.3) is 0 Å². The van der Waals surface area contributed by atoms with Crippen LogP contribution in [0.2, 0.25) is 0 Å². The van der Waals surface area contributed by atoms with Crippen LogP contribution < -0.4 is 5.32 Å². The van der Waals surface area contributed by atoms with Crippen LogP contribution in [0.5, 0.6) is 0 Å². The van der Waals surface area contributed by atoms with Crippen molar-refractivity contribution in [3.63, 3.8) is 0 Å². The molecule has 0 atom stereocenters. The molecule has 2 aromatic carbocycles.